The standard InChI is InChI=1S/C13H15NO2/c1-3-16-13-7-6-11(9-10(13)2)12(15)5-4-8-14/h6-7,9H,3-5H2,1-2H3. The largest absolute Gasteiger partial charge is 0.494 e. The number of aryl methyl sites for hydroxylation is 1. The predicted molar refractivity (Wildman–Crippen MR) is 61.5 cm³/mol. The van der Waals surface area contributed by atoms with Crippen LogP contribution in [0.25, 0.3) is 0 Å². The Hall–Kier alpha value is -1.82. The molecule has 0 aliphatic heterocycles. The maximum atomic E-state index is 11.6. The van der Waals surface area contributed by atoms with Crippen molar-refractivity contribution < 1.29 is 9.53 Å². The summed E-state index contributed by atoms with van der Waals surface area (Å²) >= 11 is 0. The van der Waals surface area contributed by atoms with Gasteiger partial charge in [-0.05, 0) is 37.6 Å². The molecule has 16 heavy (non-hydrogen) atoms. The van der Waals surface area contributed by atoms with Crippen LogP contribution in [-0.4, -0.2) is 12.4 Å². The molecule has 0 bridgehead atoms. The first kappa shape index (κ1) is 12.3. The number of benzene rings is 1. The summed E-state index contributed by atoms with van der Waals surface area (Å²) in [6.45, 7) is 4.44. The highest BCUT2D eigenvalue weighted by molar-refractivity contribution is 5.96. The van der Waals surface area contributed by atoms with Crippen LogP contribution in [-0.2, 0) is 0 Å². The van der Waals surface area contributed by atoms with Gasteiger partial charge in [0.05, 0.1) is 12.7 Å². The summed E-state index contributed by atoms with van der Waals surface area (Å²) in [6, 6.07) is 7.33. The van der Waals surface area contributed by atoms with Crippen molar-refractivity contribution in [2.75, 3.05) is 6.61 Å². The average molecular weight is 217 g/mol. The zero-order chi connectivity index (χ0) is 12.0. The van der Waals surface area contributed by atoms with Crippen molar-refractivity contribution in [1.82, 2.24) is 0 Å². The second-order valence-corrected chi connectivity index (χ2v) is 3.49. The van der Waals surface area contributed by atoms with Crippen LogP contribution in [0.2, 0.25) is 0 Å². The van der Waals surface area contributed by atoms with Gasteiger partial charge in [0.1, 0.15) is 5.75 Å². The fourth-order valence-corrected chi connectivity index (χ4v) is 1.45. The second kappa shape index (κ2) is 5.92. The summed E-state index contributed by atoms with van der Waals surface area (Å²) < 4.78 is 5.39. The quantitative estimate of drug-likeness (QED) is 0.712. The Morgan fingerprint density at radius 1 is 1.50 bits per heavy atom. The van der Waals surface area contributed by atoms with Crippen molar-refractivity contribution in [3.8, 4) is 11.8 Å². The lowest BCUT2D eigenvalue weighted by Gasteiger charge is -2.08. The maximum Gasteiger partial charge on any atom is 0.163 e. The smallest absolute Gasteiger partial charge is 0.163 e. The van der Waals surface area contributed by atoms with Crippen molar-refractivity contribution in [2.24, 2.45) is 0 Å². The molecule has 0 saturated heterocycles. The van der Waals surface area contributed by atoms with E-state index in [0.717, 1.165) is 11.3 Å². The summed E-state index contributed by atoms with van der Waals surface area (Å²) in [5.41, 5.74) is 1.60. The number of ketones is 1. The molecule has 0 radical (unpaired) electrons. The van der Waals surface area contributed by atoms with Gasteiger partial charge in [0, 0.05) is 18.4 Å². The van der Waals surface area contributed by atoms with E-state index in [1.165, 1.54) is 0 Å². The van der Waals surface area contributed by atoms with Gasteiger partial charge in [0.25, 0.3) is 0 Å². The molecule has 0 unspecified atom stereocenters. The molecule has 0 fully saturated rings. The number of ether oxygens (including phenoxy) is 1. The molecule has 84 valence electrons. The number of nitrogens with zero attached hydrogens (tertiary/aromatic N) is 1. The SMILES string of the molecule is CCOc1ccc(C(=O)CCC#N)cc1C. The zero-order valence-corrected chi connectivity index (χ0v) is 9.62. The van der Waals surface area contributed by atoms with Gasteiger partial charge in [-0.1, -0.05) is 0 Å². The first-order valence-corrected chi connectivity index (χ1v) is 5.32. The first-order valence-electron chi connectivity index (χ1n) is 5.32. The van der Waals surface area contributed by atoms with Gasteiger partial charge in [0.15, 0.2) is 5.78 Å². The van der Waals surface area contributed by atoms with E-state index >= 15 is 0 Å². The molecule has 3 heteroatoms. The van der Waals surface area contributed by atoms with E-state index in [2.05, 4.69) is 0 Å². The molecule has 0 aliphatic carbocycles. The third kappa shape index (κ3) is 3.09. The lowest BCUT2D eigenvalue weighted by molar-refractivity contribution is 0.0984. The molecule has 1 aromatic rings. The molecule has 3 nitrogen and oxygen atoms in total. The van der Waals surface area contributed by atoms with Gasteiger partial charge in [-0.15, -0.1) is 0 Å². The molecular formula is C13H15NO2. The van der Waals surface area contributed by atoms with Crippen LogP contribution >= 0.6 is 0 Å². The maximum absolute atomic E-state index is 11.6. The molecule has 0 amide bonds. The van der Waals surface area contributed by atoms with E-state index in [0.29, 0.717) is 12.2 Å². The Bertz CT molecular complexity index is 418. The summed E-state index contributed by atoms with van der Waals surface area (Å²) in [4.78, 5) is 11.6. The van der Waals surface area contributed by atoms with Gasteiger partial charge < -0.3 is 4.74 Å². The number of carbonyl (C=O) groups excluding carboxylic acids is 1. The second-order valence-electron chi connectivity index (χ2n) is 3.49. The number of hydrogen-bond acceptors (Lipinski definition) is 3. The zero-order valence-electron chi connectivity index (χ0n) is 9.62. The van der Waals surface area contributed by atoms with Crippen LogP contribution < -0.4 is 4.74 Å². The van der Waals surface area contributed by atoms with Crippen LogP contribution in [0.15, 0.2) is 18.2 Å². The van der Waals surface area contributed by atoms with Crippen LogP contribution in [0.5, 0.6) is 5.75 Å². The molecule has 0 saturated carbocycles. The summed E-state index contributed by atoms with van der Waals surface area (Å²) in [7, 11) is 0. The Balaban J connectivity index is 2.80. The van der Waals surface area contributed by atoms with Gasteiger partial charge in [-0.25, -0.2) is 0 Å². The molecule has 1 rings (SSSR count). The number of nitriles is 1. The van der Waals surface area contributed by atoms with E-state index in [-0.39, 0.29) is 18.6 Å². The Labute approximate surface area is 95.7 Å². The van der Waals surface area contributed by atoms with Crippen LogP contribution in [0.4, 0.5) is 0 Å². The first-order chi connectivity index (χ1) is 7.69. The third-order valence-electron chi connectivity index (χ3n) is 2.26. The van der Waals surface area contributed by atoms with E-state index in [9.17, 15) is 4.79 Å². The van der Waals surface area contributed by atoms with Crippen molar-refractivity contribution in [3.05, 3.63) is 29.3 Å². The summed E-state index contributed by atoms with van der Waals surface area (Å²) in [6.07, 6.45) is 0.551. The highest BCUT2D eigenvalue weighted by atomic mass is 16.5. The normalized spacial score (nSPS) is 9.56. The van der Waals surface area contributed by atoms with E-state index in [1.807, 2.05) is 26.0 Å². The molecule has 0 aromatic heterocycles. The van der Waals surface area contributed by atoms with Gasteiger partial charge >= 0.3 is 0 Å². The predicted octanol–water partition coefficient (Wildman–Crippen LogP) is 2.88. The average Bonchev–Trinajstić information content (AvgIpc) is 2.29. The lowest BCUT2D eigenvalue weighted by atomic mass is 10.0. The molecule has 0 spiro atoms. The van der Waals surface area contributed by atoms with Crippen molar-refractivity contribution in [3.63, 3.8) is 0 Å². The minimum Gasteiger partial charge on any atom is -0.494 e. The van der Waals surface area contributed by atoms with E-state index in [1.54, 1.807) is 12.1 Å². The van der Waals surface area contributed by atoms with Crippen LogP contribution in [0.1, 0.15) is 35.7 Å². The highest BCUT2D eigenvalue weighted by Gasteiger charge is 2.07. The number of Topliss-reactive ketones (excluding diaryl/α,β-unsaturated/α-hetero) is 1. The van der Waals surface area contributed by atoms with Crippen molar-refractivity contribution in [2.45, 2.75) is 26.7 Å². The van der Waals surface area contributed by atoms with Gasteiger partial charge in [-0.3, -0.25) is 4.79 Å². The topological polar surface area (TPSA) is 50.1 Å². The van der Waals surface area contributed by atoms with E-state index < -0.39 is 0 Å². The van der Waals surface area contributed by atoms with Gasteiger partial charge in [0.2, 0.25) is 0 Å². The number of carbonyl (C=O) groups is 1. The highest BCUT2D eigenvalue weighted by Crippen LogP contribution is 2.20. The van der Waals surface area contributed by atoms with Crippen molar-refractivity contribution in [1.29, 1.82) is 5.26 Å². The molecule has 0 heterocycles. The fourth-order valence-electron chi connectivity index (χ4n) is 1.45. The third-order valence-corrected chi connectivity index (χ3v) is 2.26. The summed E-state index contributed by atoms with van der Waals surface area (Å²) in [5, 5.41) is 8.41. The monoisotopic (exact) mass is 217 g/mol. The Morgan fingerprint density at radius 2 is 2.25 bits per heavy atom. The number of hydrogen-bond donors (Lipinski definition) is 0. The minimum absolute atomic E-state index is 0.00713. The van der Waals surface area contributed by atoms with Crippen LogP contribution in [0.3, 0.4) is 0 Å². The Kier molecular flexibility index (Phi) is 4.53. The number of rotatable bonds is 5. The molecule has 0 atom stereocenters. The van der Waals surface area contributed by atoms with Crippen molar-refractivity contribution >= 4 is 5.78 Å². The van der Waals surface area contributed by atoms with Crippen LogP contribution in [0, 0.1) is 18.3 Å². The molecule has 0 N–H and O–H groups in total. The van der Waals surface area contributed by atoms with Gasteiger partial charge in [-0.2, -0.15) is 5.26 Å². The molecule has 0 aliphatic rings. The molecule has 1 aromatic carbocycles. The molecular weight excluding hydrogens is 202 g/mol. The Morgan fingerprint density at radius 3 is 2.81 bits per heavy atom. The summed E-state index contributed by atoms with van der Waals surface area (Å²) in [5.74, 6) is 0.812. The van der Waals surface area contributed by atoms with E-state index in [4.69, 9.17) is 10.00 Å². The minimum atomic E-state index is 0.00713. The fraction of sp³-hybridized carbons (Fsp3) is 0.385. The lowest BCUT2D eigenvalue weighted by Crippen LogP contribution is -2.00.